The summed E-state index contributed by atoms with van der Waals surface area (Å²) in [5.41, 5.74) is 2.38. The van der Waals surface area contributed by atoms with Crippen LogP contribution in [0.1, 0.15) is 32.2 Å². The fourth-order valence-electron chi connectivity index (χ4n) is 1.83. The van der Waals surface area contributed by atoms with Crippen LogP contribution in [0, 0.1) is 6.92 Å². The highest BCUT2D eigenvalue weighted by Crippen LogP contribution is 2.09. The van der Waals surface area contributed by atoms with Crippen molar-refractivity contribution in [2.24, 2.45) is 0 Å². The SMILES string of the molecule is CCN(Cc1cccc(C)n1)CC(C)(C)NC. The van der Waals surface area contributed by atoms with Gasteiger partial charge in [0.25, 0.3) is 0 Å². The third kappa shape index (κ3) is 4.84. The Morgan fingerprint density at radius 2 is 2.06 bits per heavy atom. The fraction of sp³-hybridized carbons (Fsp3) is 0.643. The van der Waals surface area contributed by atoms with Crippen molar-refractivity contribution >= 4 is 0 Å². The second-order valence-corrected chi connectivity index (χ2v) is 5.21. The zero-order chi connectivity index (χ0) is 12.9. The van der Waals surface area contributed by atoms with Crippen molar-refractivity contribution < 1.29 is 0 Å². The van der Waals surface area contributed by atoms with Crippen LogP contribution in [0.3, 0.4) is 0 Å². The van der Waals surface area contributed by atoms with Crippen LogP contribution < -0.4 is 5.32 Å². The second-order valence-electron chi connectivity index (χ2n) is 5.21. The maximum absolute atomic E-state index is 4.55. The lowest BCUT2D eigenvalue weighted by Crippen LogP contribution is -2.47. The second kappa shape index (κ2) is 6.12. The quantitative estimate of drug-likeness (QED) is 0.819. The molecule has 1 aromatic rings. The van der Waals surface area contributed by atoms with Crippen LogP contribution >= 0.6 is 0 Å². The summed E-state index contributed by atoms with van der Waals surface area (Å²) in [6.45, 7) is 11.7. The van der Waals surface area contributed by atoms with Crippen LogP contribution in [-0.2, 0) is 6.54 Å². The van der Waals surface area contributed by atoms with Gasteiger partial charge in [0.2, 0.25) is 0 Å². The molecule has 3 nitrogen and oxygen atoms in total. The van der Waals surface area contributed by atoms with Gasteiger partial charge in [-0.2, -0.15) is 0 Å². The summed E-state index contributed by atoms with van der Waals surface area (Å²) in [4.78, 5) is 6.97. The van der Waals surface area contributed by atoms with Gasteiger partial charge in [-0.15, -0.1) is 0 Å². The van der Waals surface area contributed by atoms with Crippen molar-refractivity contribution in [3.05, 3.63) is 29.6 Å². The van der Waals surface area contributed by atoms with Gasteiger partial charge in [0.15, 0.2) is 0 Å². The molecule has 0 aromatic carbocycles. The highest BCUT2D eigenvalue weighted by molar-refractivity contribution is 5.09. The molecule has 0 aliphatic rings. The first-order valence-electron chi connectivity index (χ1n) is 6.30. The number of rotatable bonds is 6. The predicted octanol–water partition coefficient (Wildman–Crippen LogP) is 2.21. The first-order valence-corrected chi connectivity index (χ1v) is 6.30. The van der Waals surface area contributed by atoms with E-state index in [9.17, 15) is 0 Å². The van der Waals surface area contributed by atoms with E-state index in [0.29, 0.717) is 0 Å². The molecule has 0 unspecified atom stereocenters. The molecule has 96 valence electrons. The Morgan fingerprint density at radius 1 is 1.35 bits per heavy atom. The van der Waals surface area contributed by atoms with Crippen molar-refractivity contribution in [3.8, 4) is 0 Å². The topological polar surface area (TPSA) is 28.2 Å². The smallest absolute Gasteiger partial charge is 0.0547 e. The minimum atomic E-state index is 0.139. The lowest BCUT2D eigenvalue weighted by Gasteiger charge is -2.31. The highest BCUT2D eigenvalue weighted by atomic mass is 15.2. The van der Waals surface area contributed by atoms with E-state index in [-0.39, 0.29) is 5.54 Å². The van der Waals surface area contributed by atoms with E-state index in [0.717, 1.165) is 31.0 Å². The number of hydrogen-bond acceptors (Lipinski definition) is 3. The molecule has 0 radical (unpaired) electrons. The summed E-state index contributed by atoms with van der Waals surface area (Å²) in [5, 5.41) is 3.34. The van der Waals surface area contributed by atoms with Gasteiger partial charge < -0.3 is 5.32 Å². The molecule has 1 N–H and O–H groups in total. The molecular formula is C14H25N3. The minimum Gasteiger partial charge on any atom is -0.314 e. The molecule has 0 aliphatic carbocycles. The van der Waals surface area contributed by atoms with Gasteiger partial charge in [-0.3, -0.25) is 9.88 Å². The van der Waals surface area contributed by atoms with Gasteiger partial charge in [-0.05, 0) is 46.5 Å². The van der Waals surface area contributed by atoms with E-state index >= 15 is 0 Å². The largest absolute Gasteiger partial charge is 0.314 e. The van der Waals surface area contributed by atoms with Crippen molar-refractivity contribution in [1.82, 2.24) is 15.2 Å². The number of aryl methyl sites for hydroxylation is 1. The molecule has 1 rings (SSSR count). The summed E-state index contributed by atoms with van der Waals surface area (Å²) in [7, 11) is 2.01. The molecule has 0 bridgehead atoms. The van der Waals surface area contributed by atoms with Crippen LogP contribution in [0.25, 0.3) is 0 Å². The zero-order valence-corrected chi connectivity index (χ0v) is 11.7. The van der Waals surface area contributed by atoms with Gasteiger partial charge in [-0.25, -0.2) is 0 Å². The molecule has 0 amide bonds. The van der Waals surface area contributed by atoms with Gasteiger partial charge in [0, 0.05) is 24.3 Å². The van der Waals surface area contributed by atoms with Crippen LogP contribution in [-0.4, -0.2) is 35.6 Å². The number of nitrogens with one attached hydrogen (secondary N) is 1. The van der Waals surface area contributed by atoms with Gasteiger partial charge in [-0.1, -0.05) is 13.0 Å². The number of pyridine rings is 1. The van der Waals surface area contributed by atoms with Crippen LogP contribution in [0.4, 0.5) is 0 Å². The summed E-state index contributed by atoms with van der Waals surface area (Å²) in [6.07, 6.45) is 0. The Hall–Kier alpha value is -0.930. The molecule has 0 spiro atoms. The van der Waals surface area contributed by atoms with E-state index in [1.54, 1.807) is 0 Å². The molecule has 0 saturated heterocycles. The summed E-state index contributed by atoms with van der Waals surface area (Å²) in [6, 6.07) is 6.22. The van der Waals surface area contributed by atoms with E-state index in [2.05, 4.69) is 48.1 Å². The predicted molar refractivity (Wildman–Crippen MR) is 73.1 cm³/mol. The van der Waals surface area contributed by atoms with Crippen molar-refractivity contribution in [2.45, 2.75) is 39.8 Å². The van der Waals surface area contributed by atoms with E-state index in [1.807, 2.05) is 20.0 Å². The fourth-order valence-corrected chi connectivity index (χ4v) is 1.83. The van der Waals surface area contributed by atoms with E-state index < -0.39 is 0 Å². The van der Waals surface area contributed by atoms with Crippen LogP contribution in [0.2, 0.25) is 0 Å². The summed E-state index contributed by atoms with van der Waals surface area (Å²) < 4.78 is 0. The van der Waals surface area contributed by atoms with Crippen molar-refractivity contribution in [1.29, 1.82) is 0 Å². The molecule has 0 fully saturated rings. The normalized spacial score (nSPS) is 12.1. The van der Waals surface area contributed by atoms with Gasteiger partial charge >= 0.3 is 0 Å². The first-order chi connectivity index (χ1) is 7.96. The summed E-state index contributed by atoms with van der Waals surface area (Å²) >= 11 is 0. The van der Waals surface area contributed by atoms with Crippen LogP contribution in [0.5, 0.6) is 0 Å². The lowest BCUT2D eigenvalue weighted by molar-refractivity contribution is 0.206. The maximum atomic E-state index is 4.55. The Balaban J connectivity index is 2.64. The van der Waals surface area contributed by atoms with Crippen LogP contribution in [0.15, 0.2) is 18.2 Å². The molecule has 0 aliphatic heterocycles. The number of aromatic nitrogens is 1. The third-order valence-electron chi connectivity index (χ3n) is 3.07. The van der Waals surface area contributed by atoms with Crippen molar-refractivity contribution in [2.75, 3.05) is 20.1 Å². The number of likely N-dealkylation sites (N-methyl/N-ethyl adjacent to an activating group) is 2. The van der Waals surface area contributed by atoms with E-state index in [4.69, 9.17) is 0 Å². The Kier molecular flexibility index (Phi) is 5.09. The molecule has 17 heavy (non-hydrogen) atoms. The first kappa shape index (κ1) is 14.1. The standard InChI is InChI=1S/C14H25N3/c1-6-17(11-14(3,4)15-5)10-13-9-7-8-12(2)16-13/h7-9,15H,6,10-11H2,1-5H3. The minimum absolute atomic E-state index is 0.139. The molecule has 0 atom stereocenters. The van der Waals surface area contributed by atoms with E-state index in [1.165, 1.54) is 0 Å². The molecular weight excluding hydrogens is 210 g/mol. The Bertz CT molecular complexity index is 347. The molecule has 0 saturated carbocycles. The maximum Gasteiger partial charge on any atom is 0.0547 e. The Labute approximate surface area is 105 Å². The van der Waals surface area contributed by atoms with Crippen molar-refractivity contribution in [3.63, 3.8) is 0 Å². The monoisotopic (exact) mass is 235 g/mol. The molecule has 1 aromatic heterocycles. The Morgan fingerprint density at radius 3 is 2.59 bits per heavy atom. The molecule has 3 heteroatoms. The third-order valence-corrected chi connectivity index (χ3v) is 3.07. The summed E-state index contributed by atoms with van der Waals surface area (Å²) in [5.74, 6) is 0. The highest BCUT2D eigenvalue weighted by Gasteiger charge is 2.18. The average Bonchev–Trinajstić information content (AvgIpc) is 2.28. The molecule has 1 heterocycles. The lowest BCUT2D eigenvalue weighted by atomic mass is 10.1. The van der Waals surface area contributed by atoms with Gasteiger partial charge in [0.05, 0.1) is 5.69 Å². The van der Waals surface area contributed by atoms with Gasteiger partial charge in [0.1, 0.15) is 0 Å². The number of hydrogen-bond donors (Lipinski definition) is 1. The number of nitrogens with zero attached hydrogens (tertiary/aromatic N) is 2. The zero-order valence-electron chi connectivity index (χ0n) is 11.7. The average molecular weight is 235 g/mol.